The summed E-state index contributed by atoms with van der Waals surface area (Å²) in [6, 6.07) is 20.0. The summed E-state index contributed by atoms with van der Waals surface area (Å²) >= 11 is 1.60. The van der Waals surface area contributed by atoms with Crippen LogP contribution >= 0.6 is 11.3 Å². The van der Waals surface area contributed by atoms with Crippen molar-refractivity contribution < 1.29 is 5.11 Å². The van der Waals surface area contributed by atoms with Crippen LogP contribution in [-0.4, -0.2) is 5.11 Å². The summed E-state index contributed by atoms with van der Waals surface area (Å²) in [5.74, 6) is 5.97. The van der Waals surface area contributed by atoms with E-state index in [4.69, 9.17) is 0 Å². The van der Waals surface area contributed by atoms with Crippen LogP contribution in [0.2, 0.25) is 0 Å². The largest absolute Gasteiger partial charge is 0.376 e. The molecule has 3 rings (SSSR count). The molecule has 0 spiro atoms. The van der Waals surface area contributed by atoms with Crippen molar-refractivity contribution in [2.75, 3.05) is 0 Å². The van der Waals surface area contributed by atoms with Crippen molar-refractivity contribution in [3.63, 3.8) is 0 Å². The van der Waals surface area contributed by atoms with Gasteiger partial charge in [-0.15, -0.1) is 11.3 Å². The predicted octanol–water partition coefficient (Wildman–Crippen LogP) is 4.81. The minimum Gasteiger partial charge on any atom is -0.376 e. The monoisotopic (exact) mass is 304 g/mol. The Kier molecular flexibility index (Phi) is 4.39. The highest BCUT2D eigenvalue weighted by Gasteiger charge is 2.03. The van der Waals surface area contributed by atoms with Gasteiger partial charge in [0.05, 0.1) is 4.88 Å². The molecule has 0 aliphatic rings. The number of aliphatic hydroxyl groups excluding tert-OH is 1. The summed E-state index contributed by atoms with van der Waals surface area (Å²) in [6.45, 7) is 2.08. The molecule has 1 unspecified atom stereocenters. The van der Waals surface area contributed by atoms with Gasteiger partial charge in [0.1, 0.15) is 6.10 Å². The first-order valence-corrected chi connectivity index (χ1v) is 8.00. The van der Waals surface area contributed by atoms with E-state index in [-0.39, 0.29) is 0 Å². The molecule has 1 aromatic heterocycles. The summed E-state index contributed by atoms with van der Waals surface area (Å²) in [7, 11) is 0. The molecule has 1 heterocycles. The summed E-state index contributed by atoms with van der Waals surface area (Å²) in [4.78, 5) is 0.963. The highest BCUT2D eigenvalue weighted by atomic mass is 32.1. The average Bonchev–Trinajstić information content (AvgIpc) is 3.03. The topological polar surface area (TPSA) is 20.2 Å². The van der Waals surface area contributed by atoms with Gasteiger partial charge >= 0.3 is 0 Å². The Hall–Kier alpha value is -2.34. The first kappa shape index (κ1) is 14.6. The van der Waals surface area contributed by atoms with Gasteiger partial charge in [0.25, 0.3) is 0 Å². The van der Waals surface area contributed by atoms with Crippen LogP contribution in [0.1, 0.15) is 22.1 Å². The van der Waals surface area contributed by atoms with E-state index in [1.54, 1.807) is 11.3 Å². The fraction of sp³-hybridized carbons (Fsp3) is 0.100. The molecule has 0 saturated heterocycles. The number of rotatable bonds is 2. The zero-order chi connectivity index (χ0) is 15.4. The molecule has 108 valence electrons. The fourth-order valence-corrected chi connectivity index (χ4v) is 2.93. The van der Waals surface area contributed by atoms with Crippen LogP contribution in [0.4, 0.5) is 0 Å². The second-order valence-corrected chi connectivity index (χ2v) is 6.06. The second-order valence-electron chi connectivity index (χ2n) is 5.15. The number of aliphatic hydroxyl groups is 1. The molecule has 0 amide bonds. The molecule has 0 aliphatic carbocycles. The molecule has 2 heteroatoms. The Bertz CT molecular complexity index is 804. The normalized spacial score (nSPS) is 11.5. The van der Waals surface area contributed by atoms with Crippen molar-refractivity contribution in [1.29, 1.82) is 0 Å². The van der Waals surface area contributed by atoms with Crippen LogP contribution in [0.3, 0.4) is 0 Å². The maximum Gasteiger partial charge on any atom is 0.140 e. The minimum absolute atomic E-state index is 0.744. The first-order valence-electron chi connectivity index (χ1n) is 7.12. The quantitative estimate of drug-likeness (QED) is 0.674. The van der Waals surface area contributed by atoms with Crippen LogP contribution in [0.25, 0.3) is 11.1 Å². The van der Waals surface area contributed by atoms with Gasteiger partial charge in [-0.2, -0.15) is 0 Å². The molecule has 1 N–H and O–H groups in total. The molecule has 1 nitrogen and oxygen atoms in total. The lowest BCUT2D eigenvalue weighted by molar-refractivity contribution is 0.238. The van der Waals surface area contributed by atoms with Crippen molar-refractivity contribution in [1.82, 2.24) is 0 Å². The first-order chi connectivity index (χ1) is 10.7. The van der Waals surface area contributed by atoms with Crippen molar-refractivity contribution >= 4 is 11.3 Å². The highest BCUT2D eigenvalue weighted by molar-refractivity contribution is 7.11. The summed E-state index contributed by atoms with van der Waals surface area (Å²) < 4.78 is 0. The van der Waals surface area contributed by atoms with E-state index in [0.717, 1.165) is 10.4 Å². The van der Waals surface area contributed by atoms with Gasteiger partial charge in [-0.1, -0.05) is 72.0 Å². The van der Waals surface area contributed by atoms with Gasteiger partial charge in [0.2, 0.25) is 0 Å². The van der Waals surface area contributed by atoms with Gasteiger partial charge in [0, 0.05) is 0 Å². The third-order valence-corrected chi connectivity index (χ3v) is 4.28. The Morgan fingerprint density at radius 2 is 1.68 bits per heavy atom. The van der Waals surface area contributed by atoms with Crippen LogP contribution in [0.15, 0.2) is 66.0 Å². The molecular weight excluding hydrogens is 288 g/mol. The summed E-state index contributed by atoms with van der Waals surface area (Å²) in [5.41, 5.74) is 4.44. The third kappa shape index (κ3) is 3.46. The molecule has 0 aliphatic heterocycles. The van der Waals surface area contributed by atoms with Gasteiger partial charge in [0.15, 0.2) is 0 Å². The van der Waals surface area contributed by atoms with Crippen LogP contribution < -0.4 is 0 Å². The number of hydrogen-bond donors (Lipinski definition) is 1. The number of thiophene rings is 1. The lowest BCUT2D eigenvalue weighted by Crippen LogP contribution is -1.92. The highest BCUT2D eigenvalue weighted by Crippen LogP contribution is 2.25. The molecule has 0 bridgehead atoms. The van der Waals surface area contributed by atoms with Crippen LogP contribution in [0, 0.1) is 18.8 Å². The minimum atomic E-state index is -0.744. The lowest BCUT2D eigenvalue weighted by Gasteiger charge is -2.01. The maximum atomic E-state index is 10.1. The maximum absolute atomic E-state index is 10.1. The molecule has 0 fully saturated rings. The van der Waals surface area contributed by atoms with Gasteiger partial charge in [-0.05, 0) is 35.1 Å². The second kappa shape index (κ2) is 6.62. The zero-order valence-electron chi connectivity index (χ0n) is 12.3. The number of aryl methyl sites for hydroxylation is 1. The Labute approximate surface area is 134 Å². The summed E-state index contributed by atoms with van der Waals surface area (Å²) in [6.07, 6.45) is -0.744. The van der Waals surface area contributed by atoms with Gasteiger partial charge in [-0.3, -0.25) is 0 Å². The van der Waals surface area contributed by atoms with Crippen LogP contribution in [-0.2, 0) is 0 Å². The molecular formula is C20H16OS. The Morgan fingerprint density at radius 3 is 2.41 bits per heavy atom. The Morgan fingerprint density at radius 1 is 0.955 bits per heavy atom. The van der Waals surface area contributed by atoms with Crippen molar-refractivity contribution in [3.05, 3.63) is 82.0 Å². The smallest absolute Gasteiger partial charge is 0.140 e. The van der Waals surface area contributed by atoms with E-state index < -0.39 is 6.10 Å². The van der Waals surface area contributed by atoms with Crippen molar-refractivity contribution in [3.8, 4) is 23.0 Å². The fourth-order valence-electron chi connectivity index (χ4n) is 2.16. The average molecular weight is 304 g/mol. The molecule has 22 heavy (non-hydrogen) atoms. The molecule has 0 saturated carbocycles. The number of hydrogen-bond acceptors (Lipinski definition) is 2. The number of benzene rings is 2. The summed E-state index contributed by atoms with van der Waals surface area (Å²) in [5, 5.41) is 12.2. The van der Waals surface area contributed by atoms with Crippen LogP contribution in [0.5, 0.6) is 0 Å². The van der Waals surface area contributed by atoms with E-state index >= 15 is 0 Å². The molecule has 2 aromatic carbocycles. The molecule has 0 radical (unpaired) electrons. The van der Waals surface area contributed by atoms with E-state index in [0.29, 0.717) is 0 Å². The Balaban J connectivity index is 1.78. The predicted molar refractivity (Wildman–Crippen MR) is 92.8 cm³/mol. The van der Waals surface area contributed by atoms with Crippen molar-refractivity contribution in [2.24, 2.45) is 0 Å². The molecule has 1 atom stereocenters. The van der Waals surface area contributed by atoms with E-state index in [2.05, 4.69) is 54.5 Å². The van der Waals surface area contributed by atoms with Gasteiger partial charge in [-0.25, -0.2) is 0 Å². The van der Waals surface area contributed by atoms with E-state index in [1.165, 1.54) is 16.7 Å². The van der Waals surface area contributed by atoms with E-state index in [1.807, 2.05) is 30.3 Å². The van der Waals surface area contributed by atoms with Crippen molar-refractivity contribution in [2.45, 2.75) is 13.0 Å². The zero-order valence-corrected chi connectivity index (χ0v) is 13.1. The third-order valence-electron chi connectivity index (χ3n) is 3.43. The lowest BCUT2D eigenvalue weighted by atomic mass is 10.1. The molecule has 3 aromatic rings. The standard InChI is InChI=1S/C20H16OS/c1-15-7-9-16(10-8-15)18-13-19(22-14-18)11-12-20(21)17-5-3-2-4-6-17/h2-10,13-14,20-21H,1H3. The van der Waals surface area contributed by atoms with Gasteiger partial charge < -0.3 is 5.11 Å². The SMILES string of the molecule is Cc1ccc(-c2csc(C#CC(O)c3ccccc3)c2)cc1. The van der Waals surface area contributed by atoms with E-state index in [9.17, 15) is 5.11 Å².